The third kappa shape index (κ3) is 3.44. The molecular weight excluding hydrogens is 270 g/mol. The molecular formula is C14H17N5O2. The number of nitrogens with zero attached hydrogens (tertiary/aromatic N) is 4. The first-order valence-electron chi connectivity index (χ1n) is 6.46. The highest BCUT2D eigenvalue weighted by atomic mass is 16.2. The molecule has 7 heteroatoms. The van der Waals surface area contributed by atoms with E-state index in [1.165, 1.54) is 9.70 Å². The van der Waals surface area contributed by atoms with Gasteiger partial charge in [-0.25, -0.2) is 0 Å². The smallest absolute Gasteiger partial charge is 0.274 e. The first-order chi connectivity index (χ1) is 9.99. The van der Waals surface area contributed by atoms with Crippen LogP contribution < -0.4 is 5.32 Å². The number of aryl methyl sites for hydroxylation is 1. The topological polar surface area (TPSA) is 80.1 Å². The second kappa shape index (κ2) is 6.17. The zero-order chi connectivity index (χ0) is 15.4. The van der Waals surface area contributed by atoms with Crippen molar-refractivity contribution >= 4 is 11.8 Å². The van der Waals surface area contributed by atoms with Crippen molar-refractivity contribution in [2.45, 2.75) is 6.92 Å². The number of rotatable bonds is 4. The molecule has 0 saturated heterocycles. The fourth-order valence-electron chi connectivity index (χ4n) is 1.66. The molecule has 1 aromatic carbocycles. The fraction of sp³-hybridized carbons (Fsp3) is 0.286. The third-order valence-electron chi connectivity index (χ3n) is 2.88. The summed E-state index contributed by atoms with van der Waals surface area (Å²) in [5.74, 6) is -0.596. The van der Waals surface area contributed by atoms with E-state index in [-0.39, 0.29) is 18.1 Å². The molecule has 1 aromatic heterocycles. The predicted molar refractivity (Wildman–Crippen MR) is 77.1 cm³/mol. The lowest BCUT2D eigenvalue weighted by atomic mass is 10.3. The SMILES string of the molecule is Cc1nn(-c2ccccc2)nc1C(=O)NCC(=O)N(C)C. The molecule has 2 amide bonds. The fourth-order valence-corrected chi connectivity index (χ4v) is 1.66. The van der Waals surface area contributed by atoms with E-state index in [0.29, 0.717) is 5.69 Å². The van der Waals surface area contributed by atoms with Crippen LogP contribution >= 0.6 is 0 Å². The number of likely N-dealkylation sites (N-methyl/N-ethyl adjacent to an activating group) is 1. The summed E-state index contributed by atoms with van der Waals surface area (Å²) in [6, 6.07) is 9.31. The second-order valence-corrected chi connectivity index (χ2v) is 4.73. The van der Waals surface area contributed by atoms with E-state index in [4.69, 9.17) is 0 Å². The van der Waals surface area contributed by atoms with E-state index in [1.807, 2.05) is 30.3 Å². The minimum atomic E-state index is -0.412. The number of hydrogen-bond acceptors (Lipinski definition) is 4. The summed E-state index contributed by atoms with van der Waals surface area (Å²) in [5.41, 5.74) is 1.49. The second-order valence-electron chi connectivity index (χ2n) is 4.73. The number of carbonyl (C=O) groups is 2. The Morgan fingerprint density at radius 1 is 1.19 bits per heavy atom. The van der Waals surface area contributed by atoms with Gasteiger partial charge in [0.15, 0.2) is 5.69 Å². The standard InChI is InChI=1S/C14H17N5O2/c1-10-13(14(21)15-9-12(20)18(2)3)17-19(16-10)11-7-5-4-6-8-11/h4-8H,9H2,1-3H3,(H,15,21). The van der Waals surface area contributed by atoms with Crippen molar-refractivity contribution in [2.75, 3.05) is 20.6 Å². The van der Waals surface area contributed by atoms with Crippen LogP contribution in [0.4, 0.5) is 0 Å². The van der Waals surface area contributed by atoms with E-state index in [2.05, 4.69) is 15.5 Å². The molecule has 0 saturated carbocycles. The molecule has 0 spiro atoms. The monoisotopic (exact) mass is 287 g/mol. The van der Waals surface area contributed by atoms with E-state index in [0.717, 1.165) is 5.69 Å². The maximum Gasteiger partial charge on any atom is 0.274 e. The summed E-state index contributed by atoms with van der Waals surface area (Å²) in [6.07, 6.45) is 0. The van der Waals surface area contributed by atoms with Crippen LogP contribution in [-0.4, -0.2) is 52.3 Å². The number of amides is 2. The van der Waals surface area contributed by atoms with Gasteiger partial charge in [-0.2, -0.15) is 9.90 Å². The van der Waals surface area contributed by atoms with E-state index in [9.17, 15) is 9.59 Å². The molecule has 2 rings (SSSR count). The van der Waals surface area contributed by atoms with Crippen molar-refractivity contribution in [2.24, 2.45) is 0 Å². The van der Waals surface area contributed by atoms with Gasteiger partial charge in [0.25, 0.3) is 5.91 Å². The summed E-state index contributed by atoms with van der Waals surface area (Å²) in [4.78, 5) is 26.3. The first-order valence-corrected chi connectivity index (χ1v) is 6.46. The van der Waals surface area contributed by atoms with Gasteiger partial charge in [-0.05, 0) is 19.1 Å². The zero-order valence-electron chi connectivity index (χ0n) is 12.2. The van der Waals surface area contributed by atoms with Gasteiger partial charge in [0, 0.05) is 14.1 Å². The Morgan fingerprint density at radius 2 is 1.86 bits per heavy atom. The molecule has 0 atom stereocenters. The molecule has 0 aliphatic carbocycles. The van der Waals surface area contributed by atoms with Crippen LogP contribution in [0.25, 0.3) is 5.69 Å². The molecule has 1 N–H and O–H groups in total. The maximum absolute atomic E-state index is 12.0. The lowest BCUT2D eigenvalue weighted by Crippen LogP contribution is -2.36. The van der Waals surface area contributed by atoms with Crippen LogP contribution in [0.2, 0.25) is 0 Å². The summed E-state index contributed by atoms with van der Waals surface area (Å²) >= 11 is 0. The lowest BCUT2D eigenvalue weighted by molar-refractivity contribution is -0.127. The van der Waals surface area contributed by atoms with Crippen molar-refractivity contribution < 1.29 is 9.59 Å². The van der Waals surface area contributed by atoms with Crippen molar-refractivity contribution in [3.8, 4) is 5.69 Å². The minimum absolute atomic E-state index is 0.0660. The van der Waals surface area contributed by atoms with Crippen LogP contribution in [-0.2, 0) is 4.79 Å². The van der Waals surface area contributed by atoms with Gasteiger partial charge in [0.1, 0.15) is 0 Å². The average Bonchev–Trinajstić information content (AvgIpc) is 2.87. The highest BCUT2D eigenvalue weighted by molar-refractivity contribution is 5.95. The van der Waals surface area contributed by atoms with Gasteiger partial charge in [0.2, 0.25) is 5.91 Å². The summed E-state index contributed by atoms with van der Waals surface area (Å²) in [7, 11) is 3.26. The van der Waals surface area contributed by atoms with Gasteiger partial charge >= 0.3 is 0 Å². The Hall–Kier alpha value is -2.70. The van der Waals surface area contributed by atoms with Crippen LogP contribution in [0, 0.1) is 6.92 Å². The number of carbonyl (C=O) groups excluding carboxylic acids is 2. The molecule has 7 nitrogen and oxygen atoms in total. The average molecular weight is 287 g/mol. The van der Waals surface area contributed by atoms with Crippen LogP contribution in [0.3, 0.4) is 0 Å². The normalized spacial score (nSPS) is 10.2. The number of para-hydroxylation sites is 1. The molecule has 1 heterocycles. The van der Waals surface area contributed by atoms with Crippen molar-refractivity contribution in [1.82, 2.24) is 25.2 Å². The van der Waals surface area contributed by atoms with Crippen LogP contribution in [0.1, 0.15) is 16.2 Å². The van der Waals surface area contributed by atoms with Crippen LogP contribution in [0.5, 0.6) is 0 Å². The Balaban J connectivity index is 2.12. The molecule has 0 fully saturated rings. The van der Waals surface area contributed by atoms with Gasteiger partial charge in [0.05, 0.1) is 17.9 Å². The molecule has 0 aliphatic rings. The molecule has 0 bridgehead atoms. The Morgan fingerprint density at radius 3 is 2.48 bits per heavy atom. The van der Waals surface area contributed by atoms with Gasteiger partial charge in [-0.3, -0.25) is 9.59 Å². The van der Waals surface area contributed by atoms with Crippen molar-refractivity contribution in [3.63, 3.8) is 0 Å². The highest BCUT2D eigenvalue weighted by Crippen LogP contribution is 2.07. The molecule has 2 aromatic rings. The Kier molecular flexibility index (Phi) is 4.32. The van der Waals surface area contributed by atoms with Gasteiger partial charge < -0.3 is 10.2 Å². The van der Waals surface area contributed by atoms with E-state index < -0.39 is 5.91 Å². The summed E-state index contributed by atoms with van der Waals surface area (Å²) < 4.78 is 0. The van der Waals surface area contributed by atoms with Crippen molar-refractivity contribution in [1.29, 1.82) is 0 Å². The minimum Gasteiger partial charge on any atom is -0.347 e. The van der Waals surface area contributed by atoms with Gasteiger partial charge in [-0.15, -0.1) is 5.10 Å². The van der Waals surface area contributed by atoms with Crippen molar-refractivity contribution in [3.05, 3.63) is 41.7 Å². The Bertz CT molecular complexity index is 649. The maximum atomic E-state index is 12.0. The highest BCUT2D eigenvalue weighted by Gasteiger charge is 2.17. The molecule has 110 valence electrons. The lowest BCUT2D eigenvalue weighted by Gasteiger charge is -2.10. The Labute approximate surface area is 122 Å². The molecule has 21 heavy (non-hydrogen) atoms. The third-order valence-corrected chi connectivity index (χ3v) is 2.88. The molecule has 0 aliphatic heterocycles. The summed E-state index contributed by atoms with van der Waals surface area (Å²) in [5, 5.41) is 10.9. The largest absolute Gasteiger partial charge is 0.347 e. The first kappa shape index (κ1) is 14.7. The number of nitrogens with one attached hydrogen (secondary N) is 1. The molecule has 0 unspecified atom stereocenters. The molecule has 0 radical (unpaired) electrons. The number of aromatic nitrogens is 3. The zero-order valence-corrected chi connectivity index (χ0v) is 12.2. The predicted octanol–water partition coefficient (Wildman–Crippen LogP) is 0.394. The number of hydrogen-bond donors (Lipinski definition) is 1. The van der Waals surface area contributed by atoms with Crippen LogP contribution in [0.15, 0.2) is 30.3 Å². The van der Waals surface area contributed by atoms with E-state index in [1.54, 1.807) is 21.0 Å². The summed E-state index contributed by atoms with van der Waals surface area (Å²) in [6.45, 7) is 1.64. The van der Waals surface area contributed by atoms with E-state index >= 15 is 0 Å². The number of benzene rings is 1. The van der Waals surface area contributed by atoms with Gasteiger partial charge in [-0.1, -0.05) is 18.2 Å². The quantitative estimate of drug-likeness (QED) is 0.882.